The van der Waals surface area contributed by atoms with Crippen molar-refractivity contribution in [2.45, 2.75) is 64.1 Å². The van der Waals surface area contributed by atoms with Gasteiger partial charge in [0.25, 0.3) is 0 Å². The van der Waals surface area contributed by atoms with Crippen molar-refractivity contribution in [1.82, 2.24) is 10.2 Å². The molecule has 1 aromatic carbocycles. The van der Waals surface area contributed by atoms with E-state index in [9.17, 15) is 4.39 Å². The summed E-state index contributed by atoms with van der Waals surface area (Å²) in [6.45, 7) is 5.82. The summed E-state index contributed by atoms with van der Waals surface area (Å²) in [5, 5.41) is 7.29. The Morgan fingerprint density at radius 3 is 2.42 bits per heavy atom. The van der Waals surface area contributed by atoms with Crippen molar-refractivity contribution < 1.29 is 4.39 Å². The zero-order valence-electron chi connectivity index (χ0n) is 14.6. The van der Waals surface area contributed by atoms with Crippen molar-refractivity contribution >= 4 is 23.0 Å². The third-order valence-corrected chi connectivity index (χ3v) is 5.36. The molecule has 0 aromatic heterocycles. The quantitative estimate of drug-likeness (QED) is 0.799. The molecular weight excluding hydrogens is 321 g/mol. The molecule has 2 aliphatic rings. The van der Waals surface area contributed by atoms with Crippen LogP contribution in [0.3, 0.4) is 0 Å². The molecule has 24 heavy (non-hydrogen) atoms. The van der Waals surface area contributed by atoms with Gasteiger partial charge in [-0.1, -0.05) is 20.3 Å². The third kappa shape index (κ3) is 4.45. The lowest BCUT2D eigenvalue weighted by molar-refractivity contribution is 0.0191. The first-order valence-electron chi connectivity index (χ1n) is 9.10. The van der Waals surface area contributed by atoms with Crippen LogP contribution in [0.4, 0.5) is 10.1 Å². The van der Waals surface area contributed by atoms with Gasteiger partial charge in [0.2, 0.25) is 0 Å². The fourth-order valence-corrected chi connectivity index (χ4v) is 4.49. The van der Waals surface area contributed by atoms with Gasteiger partial charge in [-0.15, -0.1) is 0 Å². The first kappa shape index (κ1) is 17.6. The highest BCUT2D eigenvalue weighted by molar-refractivity contribution is 7.80. The molecule has 0 spiro atoms. The van der Waals surface area contributed by atoms with Crippen molar-refractivity contribution in [2.24, 2.45) is 5.92 Å². The SMILES string of the molecule is CC(C)CN1[C@@H]2CCC[C@H]1CC(NC(=S)Nc1ccc(F)cc1)C2. The maximum Gasteiger partial charge on any atom is 0.170 e. The minimum absolute atomic E-state index is 0.232. The van der Waals surface area contributed by atoms with Crippen LogP contribution in [0.5, 0.6) is 0 Å². The van der Waals surface area contributed by atoms with Gasteiger partial charge in [-0.25, -0.2) is 4.39 Å². The average Bonchev–Trinajstić information content (AvgIpc) is 2.50. The molecule has 3 rings (SSSR count). The number of benzene rings is 1. The molecule has 2 N–H and O–H groups in total. The van der Waals surface area contributed by atoms with Gasteiger partial charge in [-0.2, -0.15) is 0 Å². The largest absolute Gasteiger partial charge is 0.360 e. The molecule has 0 radical (unpaired) electrons. The van der Waals surface area contributed by atoms with Crippen LogP contribution in [0.2, 0.25) is 0 Å². The number of nitrogens with one attached hydrogen (secondary N) is 2. The van der Waals surface area contributed by atoms with Gasteiger partial charge in [-0.3, -0.25) is 4.90 Å². The molecule has 132 valence electrons. The summed E-state index contributed by atoms with van der Waals surface area (Å²) in [5.41, 5.74) is 0.825. The molecule has 2 bridgehead atoms. The molecule has 2 saturated heterocycles. The molecule has 0 amide bonds. The zero-order chi connectivity index (χ0) is 17.1. The molecule has 3 atom stereocenters. The van der Waals surface area contributed by atoms with E-state index in [1.54, 1.807) is 12.1 Å². The monoisotopic (exact) mass is 349 g/mol. The Morgan fingerprint density at radius 1 is 1.21 bits per heavy atom. The van der Waals surface area contributed by atoms with Crippen molar-refractivity contribution in [1.29, 1.82) is 0 Å². The van der Waals surface area contributed by atoms with Gasteiger partial charge >= 0.3 is 0 Å². The highest BCUT2D eigenvalue weighted by Crippen LogP contribution is 2.34. The Bertz CT molecular complexity index is 546. The zero-order valence-corrected chi connectivity index (χ0v) is 15.4. The minimum Gasteiger partial charge on any atom is -0.360 e. The summed E-state index contributed by atoms with van der Waals surface area (Å²) in [6.07, 6.45) is 6.29. The van der Waals surface area contributed by atoms with E-state index in [2.05, 4.69) is 29.4 Å². The summed E-state index contributed by atoms with van der Waals surface area (Å²) < 4.78 is 13.0. The van der Waals surface area contributed by atoms with Crippen molar-refractivity contribution in [2.75, 3.05) is 11.9 Å². The van der Waals surface area contributed by atoms with Crippen LogP contribution < -0.4 is 10.6 Å². The molecular formula is C19H28FN3S. The maximum absolute atomic E-state index is 13.0. The fourth-order valence-electron chi connectivity index (χ4n) is 4.20. The number of anilines is 1. The Balaban J connectivity index is 1.55. The smallest absolute Gasteiger partial charge is 0.170 e. The first-order valence-corrected chi connectivity index (χ1v) is 9.51. The van der Waals surface area contributed by atoms with Gasteiger partial charge in [0.05, 0.1) is 0 Å². The van der Waals surface area contributed by atoms with E-state index >= 15 is 0 Å². The Hall–Kier alpha value is -1.20. The molecule has 1 aromatic rings. The van der Waals surface area contributed by atoms with E-state index in [4.69, 9.17) is 12.2 Å². The summed E-state index contributed by atoms with van der Waals surface area (Å²) in [4.78, 5) is 2.74. The van der Waals surface area contributed by atoms with Crippen molar-refractivity contribution in [3.8, 4) is 0 Å². The molecule has 3 nitrogen and oxygen atoms in total. The number of piperidine rings is 2. The Morgan fingerprint density at radius 2 is 1.83 bits per heavy atom. The van der Waals surface area contributed by atoms with Gasteiger partial charge in [0, 0.05) is 30.4 Å². The Kier molecular flexibility index (Phi) is 5.72. The predicted molar refractivity (Wildman–Crippen MR) is 102 cm³/mol. The number of rotatable bonds is 4. The maximum atomic E-state index is 13.0. The summed E-state index contributed by atoms with van der Waals surface area (Å²) >= 11 is 5.45. The molecule has 1 unspecified atom stereocenters. The van der Waals surface area contributed by atoms with Crippen LogP contribution in [-0.2, 0) is 0 Å². The fraction of sp³-hybridized carbons (Fsp3) is 0.632. The lowest BCUT2D eigenvalue weighted by atomic mass is 9.81. The normalized spacial score (nSPS) is 27.1. The number of fused-ring (bicyclic) bond motifs is 2. The lowest BCUT2D eigenvalue weighted by Gasteiger charge is -2.49. The van der Waals surface area contributed by atoms with E-state index < -0.39 is 0 Å². The molecule has 5 heteroatoms. The molecule has 2 heterocycles. The van der Waals surface area contributed by atoms with E-state index in [-0.39, 0.29) is 5.82 Å². The number of hydrogen-bond acceptors (Lipinski definition) is 2. The lowest BCUT2D eigenvalue weighted by Crippen LogP contribution is -2.58. The van der Waals surface area contributed by atoms with Crippen LogP contribution >= 0.6 is 12.2 Å². The Labute approximate surface area is 150 Å². The summed E-state index contributed by atoms with van der Waals surface area (Å²) in [5.74, 6) is 0.489. The number of halogens is 1. The number of thiocarbonyl (C=S) groups is 1. The predicted octanol–water partition coefficient (Wildman–Crippen LogP) is 4.15. The molecule has 2 fully saturated rings. The number of nitrogens with zero attached hydrogens (tertiary/aromatic N) is 1. The second kappa shape index (κ2) is 7.79. The average molecular weight is 350 g/mol. The highest BCUT2D eigenvalue weighted by Gasteiger charge is 2.38. The van der Waals surface area contributed by atoms with Crippen molar-refractivity contribution in [3.63, 3.8) is 0 Å². The van der Waals surface area contributed by atoms with Crippen LogP contribution in [-0.4, -0.2) is 34.7 Å². The van der Waals surface area contributed by atoms with Gasteiger partial charge in [0.15, 0.2) is 5.11 Å². The van der Waals surface area contributed by atoms with Crippen molar-refractivity contribution in [3.05, 3.63) is 30.1 Å². The molecule has 0 aliphatic carbocycles. The molecule has 2 aliphatic heterocycles. The first-order chi connectivity index (χ1) is 11.5. The van der Waals surface area contributed by atoms with Crippen LogP contribution in [0, 0.1) is 11.7 Å². The van der Waals surface area contributed by atoms with E-state index in [1.165, 1.54) is 37.9 Å². The van der Waals surface area contributed by atoms with Gasteiger partial charge in [0.1, 0.15) is 5.82 Å². The van der Waals surface area contributed by atoms with E-state index in [1.807, 2.05) is 0 Å². The minimum atomic E-state index is -0.232. The highest BCUT2D eigenvalue weighted by atomic mass is 32.1. The summed E-state index contributed by atoms with van der Waals surface area (Å²) in [7, 11) is 0. The number of hydrogen-bond donors (Lipinski definition) is 2. The third-order valence-electron chi connectivity index (χ3n) is 5.14. The standard InChI is InChI=1S/C19H28FN3S/c1-13(2)12-23-17-4-3-5-18(23)11-16(10-17)22-19(24)21-15-8-6-14(20)7-9-15/h6-9,13,16-18H,3-5,10-12H2,1-2H3,(H2,21,22,24)/t16?,17-,18+. The van der Waals surface area contributed by atoms with Crippen LogP contribution in [0.1, 0.15) is 46.0 Å². The second-order valence-electron chi connectivity index (χ2n) is 7.60. The van der Waals surface area contributed by atoms with Gasteiger partial charge in [-0.05, 0) is 68.1 Å². The van der Waals surface area contributed by atoms with Crippen LogP contribution in [0.25, 0.3) is 0 Å². The molecule has 0 saturated carbocycles. The van der Waals surface area contributed by atoms with E-state index in [0.717, 1.165) is 24.4 Å². The van der Waals surface area contributed by atoms with Crippen LogP contribution in [0.15, 0.2) is 24.3 Å². The topological polar surface area (TPSA) is 27.3 Å². The van der Waals surface area contributed by atoms with Gasteiger partial charge < -0.3 is 10.6 Å². The second-order valence-corrected chi connectivity index (χ2v) is 8.01. The van der Waals surface area contributed by atoms with E-state index in [0.29, 0.717) is 23.2 Å². The summed E-state index contributed by atoms with van der Waals surface area (Å²) in [6, 6.07) is 8.12.